The van der Waals surface area contributed by atoms with Crippen molar-refractivity contribution in [1.82, 2.24) is 15.0 Å². The topological polar surface area (TPSA) is 64.5 Å². The first-order valence-corrected chi connectivity index (χ1v) is 6.95. The van der Waals surface area contributed by atoms with E-state index in [4.69, 9.17) is 13.7 Å². The summed E-state index contributed by atoms with van der Waals surface area (Å²) in [7, 11) is 0. The summed E-state index contributed by atoms with van der Waals surface area (Å²) in [5.41, 5.74) is 0. The molecule has 1 saturated heterocycles. The van der Waals surface area contributed by atoms with Gasteiger partial charge in [0.15, 0.2) is 5.82 Å². The Morgan fingerprint density at radius 2 is 2.35 bits per heavy atom. The fourth-order valence-electron chi connectivity index (χ4n) is 2.48. The highest BCUT2D eigenvalue weighted by atomic mass is 16.5. The van der Waals surface area contributed by atoms with Crippen molar-refractivity contribution < 1.29 is 13.7 Å². The number of aromatic nitrogens is 2. The summed E-state index contributed by atoms with van der Waals surface area (Å²) in [6, 6.07) is 3.87. The van der Waals surface area contributed by atoms with Gasteiger partial charge in [0.2, 0.25) is 5.89 Å². The van der Waals surface area contributed by atoms with Gasteiger partial charge in [0.05, 0.1) is 25.5 Å². The number of nitrogens with zero attached hydrogens (tertiary/aromatic N) is 3. The quantitative estimate of drug-likeness (QED) is 0.806. The maximum atomic E-state index is 5.71. The second kappa shape index (κ2) is 6.19. The lowest BCUT2D eigenvalue weighted by atomic mass is 10.2. The molecule has 20 heavy (non-hydrogen) atoms. The van der Waals surface area contributed by atoms with Crippen LogP contribution in [0.15, 0.2) is 27.3 Å². The van der Waals surface area contributed by atoms with Gasteiger partial charge < -0.3 is 13.7 Å². The molecule has 0 aliphatic carbocycles. The Labute approximate surface area is 117 Å². The Kier molecular flexibility index (Phi) is 4.13. The Morgan fingerprint density at radius 3 is 3.00 bits per heavy atom. The highest BCUT2D eigenvalue weighted by Gasteiger charge is 2.21. The van der Waals surface area contributed by atoms with Crippen LogP contribution >= 0.6 is 0 Å². The molecule has 0 radical (unpaired) electrons. The second-order valence-corrected chi connectivity index (χ2v) is 5.12. The van der Waals surface area contributed by atoms with E-state index in [2.05, 4.69) is 15.0 Å². The van der Waals surface area contributed by atoms with E-state index < -0.39 is 0 Å². The Bertz CT molecular complexity index is 518. The van der Waals surface area contributed by atoms with Crippen LogP contribution in [0.1, 0.15) is 30.3 Å². The Hall–Kier alpha value is -1.66. The number of hydrogen-bond donors (Lipinski definition) is 0. The van der Waals surface area contributed by atoms with Crippen molar-refractivity contribution in [2.45, 2.75) is 39.0 Å². The Balaban J connectivity index is 1.65. The molecule has 0 bridgehead atoms. The Morgan fingerprint density at radius 1 is 1.40 bits per heavy atom. The molecular formula is C14H19N3O3. The summed E-state index contributed by atoms with van der Waals surface area (Å²) in [5.74, 6) is 2.22. The molecule has 0 aromatic carbocycles. The van der Waals surface area contributed by atoms with Crippen molar-refractivity contribution in [1.29, 1.82) is 0 Å². The van der Waals surface area contributed by atoms with Crippen LogP contribution in [-0.4, -0.2) is 34.3 Å². The van der Waals surface area contributed by atoms with E-state index in [1.54, 1.807) is 6.26 Å². The third kappa shape index (κ3) is 3.46. The van der Waals surface area contributed by atoms with Crippen molar-refractivity contribution >= 4 is 0 Å². The number of rotatable bonds is 6. The molecule has 1 atom stereocenters. The first kappa shape index (κ1) is 13.3. The van der Waals surface area contributed by atoms with Crippen molar-refractivity contribution in [3.8, 4) is 0 Å². The van der Waals surface area contributed by atoms with Gasteiger partial charge in [-0.15, -0.1) is 0 Å². The van der Waals surface area contributed by atoms with Gasteiger partial charge in [-0.3, -0.25) is 4.90 Å². The molecular weight excluding hydrogens is 258 g/mol. The lowest BCUT2D eigenvalue weighted by Gasteiger charge is -2.22. The molecule has 6 heteroatoms. The molecule has 1 unspecified atom stereocenters. The molecule has 2 aromatic rings. The molecule has 0 N–H and O–H groups in total. The minimum atomic E-state index is 0.286. The molecule has 2 aromatic heterocycles. The van der Waals surface area contributed by atoms with Crippen LogP contribution in [0.25, 0.3) is 0 Å². The molecule has 3 rings (SSSR count). The molecule has 108 valence electrons. The first-order valence-electron chi connectivity index (χ1n) is 6.95. The third-order valence-corrected chi connectivity index (χ3v) is 3.37. The van der Waals surface area contributed by atoms with Crippen LogP contribution in [0, 0.1) is 6.92 Å². The molecule has 0 saturated carbocycles. The zero-order valence-electron chi connectivity index (χ0n) is 11.6. The van der Waals surface area contributed by atoms with Crippen molar-refractivity contribution in [2.24, 2.45) is 0 Å². The van der Waals surface area contributed by atoms with E-state index >= 15 is 0 Å². The van der Waals surface area contributed by atoms with Gasteiger partial charge in [-0.25, -0.2) is 0 Å². The number of furan rings is 1. The second-order valence-electron chi connectivity index (χ2n) is 5.12. The van der Waals surface area contributed by atoms with Crippen molar-refractivity contribution in [2.75, 3.05) is 13.2 Å². The standard InChI is InChI=1S/C14H19N3O3/c1-11-15-14(20-16-11)10-17(8-12-4-2-6-18-12)9-13-5-3-7-19-13/h2,4,6,13H,3,5,7-10H2,1H3. The van der Waals surface area contributed by atoms with Gasteiger partial charge in [-0.05, 0) is 31.9 Å². The predicted octanol–water partition coefficient (Wildman–Crippen LogP) is 2.15. The number of ether oxygens (including phenoxy) is 1. The molecule has 1 aliphatic heterocycles. The highest BCUT2D eigenvalue weighted by molar-refractivity contribution is 4.98. The fourth-order valence-corrected chi connectivity index (χ4v) is 2.48. The van der Waals surface area contributed by atoms with Crippen LogP contribution < -0.4 is 0 Å². The SMILES string of the molecule is Cc1noc(CN(Cc2ccco2)CC2CCCO2)n1. The molecule has 0 spiro atoms. The van der Waals surface area contributed by atoms with Gasteiger partial charge >= 0.3 is 0 Å². The number of aryl methyl sites for hydroxylation is 1. The molecule has 3 heterocycles. The summed E-state index contributed by atoms with van der Waals surface area (Å²) in [6.07, 6.45) is 4.22. The average Bonchev–Trinajstić information content (AvgIpc) is 3.13. The first-order chi connectivity index (χ1) is 9.79. The summed E-state index contributed by atoms with van der Waals surface area (Å²) in [4.78, 5) is 6.49. The maximum Gasteiger partial charge on any atom is 0.240 e. The predicted molar refractivity (Wildman–Crippen MR) is 70.8 cm³/mol. The lowest BCUT2D eigenvalue weighted by Crippen LogP contribution is -2.31. The lowest BCUT2D eigenvalue weighted by molar-refractivity contribution is 0.0615. The fraction of sp³-hybridized carbons (Fsp3) is 0.571. The van der Waals surface area contributed by atoms with Gasteiger partial charge in [0.1, 0.15) is 5.76 Å². The van der Waals surface area contributed by atoms with E-state index in [9.17, 15) is 0 Å². The van der Waals surface area contributed by atoms with E-state index in [0.29, 0.717) is 24.8 Å². The zero-order valence-corrected chi connectivity index (χ0v) is 11.6. The maximum absolute atomic E-state index is 5.71. The molecule has 0 amide bonds. The van der Waals surface area contributed by atoms with E-state index in [0.717, 1.165) is 31.8 Å². The minimum Gasteiger partial charge on any atom is -0.468 e. The zero-order chi connectivity index (χ0) is 13.8. The summed E-state index contributed by atoms with van der Waals surface area (Å²) in [5, 5.41) is 3.83. The van der Waals surface area contributed by atoms with Crippen LogP contribution in [0.4, 0.5) is 0 Å². The number of hydrogen-bond acceptors (Lipinski definition) is 6. The molecule has 6 nitrogen and oxygen atoms in total. The van der Waals surface area contributed by atoms with Crippen LogP contribution in [0.3, 0.4) is 0 Å². The van der Waals surface area contributed by atoms with Crippen LogP contribution in [-0.2, 0) is 17.8 Å². The van der Waals surface area contributed by atoms with E-state index in [1.807, 2.05) is 19.1 Å². The van der Waals surface area contributed by atoms with E-state index in [1.165, 1.54) is 0 Å². The van der Waals surface area contributed by atoms with E-state index in [-0.39, 0.29) is 6.10 Å². The smallest absolute Gasteiger partial charge is 0.240 e. The molecule has 1 fully saturated rings. The van der Waals surface area contributed by atoms with Crippen LogP contribution in [0.5, 0.6) is 0 Å². The summed E-state index contributed by atoms with van der Waals surface area (Å²) in [6.45, 7) is 4.86. The van der Waals surface area contributed by atoms with Gasteiger partial charge in [-0.2, -0.15) is 4.98 Å². The van der Waals surface area contributed by atoms with Crippen molar-refractivity contribution in [3.05, 3.63) is 35.9 Å². The van der Waals surface area contributed by atoms with Crippen molar-refractivity contribution in [3.63, 3.8) is 0 Å². The normalized spacial score (nSPS) is 19.0. The monoisotopic (exact) mass is 277 g/mol. The molecule has 1 aliphatic rings. The summed E-state index contributed by atoms with van der Waals surface area (Å²) < 4.78 is 16.3. The van der Waals surface area contributed by atoms with Gasteiger partial charge in [0, 0.05) is 13.2 Å². The largest absolute Gasteiger partial charge is 0.468 e. The average molecular weight is 277 g/mol. The minimum absolute atomic E-state index is 0.286. The third-order valence-electron chi connectivity index (χ3n) is 3.37. The van der Waals surface area contributed by atoms with Gasteiger partial charge in [0.25, 0.3) is 0 Å². The summed E-state index contributed by atoms with van der Waals surface area (Å²) >= 11 is 0. The van der Waals surface area contributed by atoms with Crippen LogP contribution in [0.2, 0.25) is 0 Å². The highest BCUT2D eigenvalue weighted by Crippen LogP contribution is 2.17. The van der Waals surface area contributed by atoms with Gasteiger partial charge in [-0.1, -0.05) is 5.16 Å².